The monoisotopic (exact) mass is 464 g/mol. The summed E-state index contributed by atoms with van der Waals surface area (Å²) in [6.07, 6.45) is 0.324. The zero-order valence-corrected chi connectivity index (χ0v) is 18.5. The lowest BCUT2D eigenvalue weighted by Crippen LogP contribution is -2.32. The van der Waals surface area contributed by atoms with Gasteiger partial charge in [0.2, 0.25) is 11.8 Å². The van der Waals surface area contributed by atoms with Crippen molar-refractivity contribution < 1.29 is 18.9 Å². The van der Waals surface area contributed by atoms with E-state index in [9.17, 15) is 19.7 Å². The number of hydrogen-bond donors (Lipinski definition) is 0. The summed E-state index contributed by atoms with van der Waals surface area (Å²) in [6.45, 7) is 0. The Morgan fingerprint density at radius 1 is 0.857 bits per heavy atom. The van der Waals surface area contributed by atoms with Crippen molar-refractivity contribution in [3.63, 3.8) is 0 Å². The molecule has 3 aromatic carbocycles. The highest BCUT2D eigenvalue weighted by atomic mass is 16.6. The smallest absolute Gasteiger partial charge is 0.269 e. The van der Waals surface area contributed by atoms with E-state index < -0.39 is 16.8 Å². The van der Waals surface area contributed by atoms with Crippen LogP contribution in [0.3, 0.4) is 0 Å². The maximum atomic E-state index is 13.8. The Kier molecular flexibility index (Phi) is 4.84. The first-order valence-corrected chi connectivity index (χ1v) is 11.4. The molecule has 2 heterocycles. The highest BCUT2D eigenvalue weighted by Gasteiger charge is 2.55. The minimum Gasteiger partial charge on any atom is -0.461 e. The molecule has 35 heavy (non-hydrogen) atoms. The number of hydrogen-bond acceptors (Lipinski definition) is 5. The molecule has 2 aliphatic rings. The number of anilines is 1. The van der Waals surface area contributed by atoms with Gasteiger partial charge in [0.05, 0.1) is 22.4 Å². The van der Waals surface area contributed by atoms with Gasteiger partial charge in [0, 0.05) is 35.6 Å². The maximum Gasteiger partial charge on any atom is 0.269 e. The fraction of sp³-hybridized carbons (Fsp3) is 0.143. The SMILES string of the molecule is O=C1[C@@H]2[C@H](c3ccccc3)c3cc(-c4ccccc4)oc3C[C@@H]2C(=O)N1c1ccc([N+](=O)[O-])cc1. The molecule has 1 saturated heterocycles. The van der Waals surface area contributed by atoms with Crippen LogP contribution >= 0.6 is 0 Å². The molecule has 0 spiro atoms. The number of furan rings is 1. The summed E-state index contributed by atoms with van der Waals surface area (Å²) in [5.41, 5.74) is 3.04. The van der Waals surface area contributed by atoms with Crippen LogP contribution in [-0.4, -0.2) is 16.7 Å². The Balaban J connectivity index is 1.45. The summed E-state index contributed by atoms with van der Waals surface area (Å²) >= 11 is 0. The van der Waals surface area contributed by atoms with Crippen LogP contribution in [0.1, 0.15) is 22.8 Å². The Hall–Kier alpha value is -4.52. The number of nitro groups is 1. The van der Waals surface area contributed by atoms with E-state index in [1.807, 2.05) is 66.7 Å². The lowest BCUT2D eigenvalue weighted by atomic mass is 9.69. The van der Waals surface area contributed by atoms with Crippen LogP contribution in [0.25, 0.3) is 11.3 Å². The van der Waals surface area contributed by atoms with E-state index in [0.29, 0.717) is 23.6 Å². The van der Waals surface area contributed by atoms with Gasteiger partial charge in [-0.15, -0.1) is 0 Å². The molecule has 4 aromatic rings. The van der Waals surface area contributed by atoms with E-state index in [0.717, 1.165) is 16.7 Å². The summed E-state index contributed by atoms with van der Waals surface area (Å²) in [5.74, 6) is -0.687. The first kappa shape index (κ1) is 21.0. The summed E-state index contributed by atoms with van der Waals surface area (Å²) in [6, 6.07) is 27.0. The van der Waals surface area contributed by atoms with Gasteiger partial charge in [0.25, 0.3) is 5.69 Å². The van der Waals surface area contributed by atoms with Crippen LogP contribution in [0.15, 0.2) is 95.4 Å². The second-order valence-electron chi connectivity index (χ2n) is 8.87. The molecule has 1 aliphatic carbocycles. The molecular formula is C28H20N2O5. The fourth-order valence-electron chi connectivity index (χ4n) is 5.37. The van der Waals surface area contributed by atoms with Crippen molar-refractivity contribution in [1.82, 2.24) is 0 Å². The van der Waals surface area contributed by atoms with Gasteiger partial charge in [-0.3, -0.25) is 24.6 Å². The van der Waals surface area contributed by atoms with Crippen molar-refractivity contribution in [3.8, 4) is 11.3 Å². The number of nitro benzene ring substituents is 1. The Morgan fingerprint density at radius 3 is 2.17 bits per heavy atom. The molecular weight excluding hydrogens is 444 g/mol. The summed E-state index contributed by atoms with van der Waals surface area (Å²) in [7, 11) is 0. The Bertz CT molecular complexity index is 1440. The molecule has 6 rings (SSSR count). The topological polar surface area (TPSA) is 93.7 Å². The van der Waals surface area contributed by atoms with E-state index in [1.54, 1.807) is 0 Å². The van der Waals surface area contributed by atoms with Crippen molar-refractivity contribution in [2.24, 2.45) is 11.8 Å². The van der Waals surface area contributed by atoms with Gasteiger partial charge in [0.15, 0.2) is 0 Å². The number of benzene rings is 3. The van der Waals surface area contributed by atoms with Crippen molar-refractivity contribution in [1.29, 1.82) is 0 Å². The number of carbonyl (C=O) groups excluding carboxylic acids is 2. The summed E-state index contributed by atoms with van der Waals surface area (Å²) in [5, 5.41) is 11.0. The van der Waals surface area contributed by atoms with Crippen LogP contribution in [0.4, 0.5) is 11.4 Å². The van der Waals surface area contributed by atoms with Gasteiger partial charge in [-0.1, -0.05) is 60.7 Å². The first-order chi connectivity index (χ1) is 17.0. The molecule has 7 nitrogen and oxygen atoms in total. The minimum atomic E-state index is -0.589. The zero-order valence-electron chi connectivity index (χ0n) is 18.5. The average molecular weight is 464 g/mol. The third kappa shape index (κ3) is 3.35. The molecule has 1 fully saturated rings. The van der Waals surface area contributed by atoms with Crippen molar-refractivity contribution >= 4 is 23.2 Å². The number of non-ortho nitro benzene ring substituents is 1. The average Bonchev–Trinajstić information content (AvgIpc) is 3.42. The van der Waals surface area contributed by atoms with Crippen LogP contribution in [0.5, 0.6) is 0 Å². The second-order valence-corrected chi connectivity index (χ2v) is 8.87. The third-order valence-electron chi connectivity index (χ3n) is 6.95. The lowest BCUT2D eigenvalue weighted by molar-refractivity contribution is -0.384. The van der Waals surface area contributed by atoms with Crippen LogP contribution in [0, 0.1) is 22.0 Å². The Labute approximate surface area is 200 Å². The van der Waals surface area contributed by atoms with E-state index in [4.69, 9.17) is 4.42 Å². The molecule has 7 heteroatoms. The molecule has 0 N–H and O–H groups in total. The normalized spacial score (nSPS) is 21.0. The second kappa shape index (κ2) is 8.06. The third-order valence-corrected chi connectivity index (χ3v) is 6.95. The molecule has 0 bridgehead atoms. The quantitative estimate of drug-likeness (QED) is 0.231. The molecule has 0 radical (unpaired) electrons. The van der Waals surface area contributed by atoms with E-state index >= 15 is 0 Å². The van der Waals surface area contributed by atoms with Crippen molar-refractivity contribution in [2.45, 2.75) is 12.3 Å². The van der Waals surface area contributed by atoms with E-state index in [-0.39, 0.29) is 23.4 Å². The van der Waals surface area contributed by atoms with Crippen molar-refractivity contribution in [2.75, 3.05) is 4.90 Å². The summed E-state index contributed by atoms with van der Waals surface area (Å²) in [4.78, 5) is 39.1. The van der Waals surface area contributed by atoms with Crippen molar-refractivity contribution in [3.05, 3.63) is 118 Å². The van der Waals surface area contributed by atoms with Gasteiger partial charge in [-0.05, 0) is 23.8 Å². The zero-order chi connectivity index (χ0) is 24.1. The number of fused-ring (bicyclic) bond motifs is 2. The van der Waals surface area contributed by atoms with E-state index in [1.165, 1.54) is 29.2 Å². The highest BCUT2D eigenvalue weighted by molar-refractivity contribution is 6.22. The molecule has 0 unspecified atom stereocenters. The van der Waals surface area contributed by atoms with Gasteiger partial charge >= 0.3 is 0 Å². The predicted octanol–water partition coefficient (Wildman–Crippen LogP) is 5.35. The molecule has 1 aliphatic heterocycles. The maximum absolute atomic E-state index is 13.8. The number of rotatable bonds is 4. The van der Waals surface area contributed by atoms with Crippen LogP contribution in [-0.2, 0) is 16.0 Å². The minimum absolute atomic E-state index is 0.0972. The first-order valence-electron chi connectivity index (χ1n) is 11.4. The lowest BCUT2D eigenvalue weighted by Gasteiger charge is -2.30. The van der Waals surface area contributed by atoms with Crippen LogP contribution < -0.4 is 4.90 Å². The standard InChI is InChI=1S/C28H20N2O5/c31-27-22-16-24-21(15-23(35-24)17-7-3-1-4-8-17)25(18-9-5-2-6-10-18)26(22)28(32)29(27)19-11-13-20(14-12-19)30(33)34/h1-15,22,25-26H,16H2/t22-,25+,26-/m0/s1. The summed E-state index contributed by atoms with van der Waals surface area (Å²) < 4.78 is 6.26. The predicted molar refractivity (Wildman–Crippen MR) is 129 cm³/mol. The molecule has 172 valence electrons. The number of amides is 2. The van der Waals surface area contributed by atoms with Gasteiger partial charge in [-0.25, -0.2) is 0 Å². The number of nitrogens with zero attached hydrogens (tertiary/aromatic N) is 2. The van der Waals surface area contributed by atoms with Gasteiger partial charge in [-0.2, -0.15) is 0 Å². The van der Waals surface area contributed by atoms with Gasteiger partial charge in [0.1, 0.15) is 11.5 Å². The van der Waals surface area contributed by atoms with E-state index in [2.05, 4.69) is 0 Å². The number of carbonyl (C=O) groups is 2. The number of imide groups is 1. The van der Waals surface area contributed by atoms with Gasteiger partial charge < -0.3 is 4.42 Å². The fourth-order valence-corrected chi connectivity index (χ4v) is 5.37. The molecule has 2 amide bonds. The molecule has 3 atom stereocenters. The molecule has 0 saturated carbocycles. The largest absolute Gasteiger partial charge is 0.461 e. The Morgan fingerprint density at radius 2 is 1.51 bits per heavy atom. The highest BCUT2D eigenvalue weighted by Crippen LogP contribution is 2.50. The molecule has 1 aromatic heterocycles. The van der Waals surface area contributed by atoms with Crippen LogP contribution in [0.2, 0.25) is 0 Å².